The molecule has 0 radical (unpaired) electrons. The molecule has 0 bridgehead atoms. The number of halogens is 3. The second-order valence-electron chi connectivity index (χ2n) is 4.58. The van der Waals surface area contributed by atoms with Crippen molar-refractivity contribution in [2.75, 3.05) is 0 Å². The molecule has 12 heteroatoms. The SMILES string of the molecule is C[C@H](C(=O)N1N=CC[C@@]1(O)C(F)(F)F)n1cc([N+](=O)[O-])cn1. The van der Waals surface area contributed by atoms with Crippen LogP contribution < -0.4 is 0 Å². The van der Waals surface area contributed by atoms with Crippen molar-refractivity contribution in [3.63, 3.8) is 0 Å². The first-order valence-electron chi connectivity index (χ1n) is 5.92. The molecule has 0 saturated carbocycles. The van der Waals surface area contributed by atoms with Gasteiger partial charge in [-0.15, -0.1) is 0 Å². The summed E-state index contributed by atoms with van der Waals surface area (Å²) in [7, 11) is 0. The number of aromatic nitrogens is 2. The highest BCUT2D eigenvalue weighted by atomic mass is 19.4. The molecule has 0 saturated heterocycles. The lowest BCUT2D eigenvalue weighted by molar-refractivity contribution is -0.385. The van der Waals surface area contributed by atoms with Crippen LogP contribution in [0.25, 0.3) is 0 Å². The zero-order valence-corrected chi connectivity index (χ0v) is 11.1. The average molecular weight is 321 g/mol. The van der Waals surface area contributed by atoms with Crippen LogP contribution in [0.5, 0.6) is 0 Å². The van der Waals surface area contributed by atoms with Crippen LogP contribution in [0.3, 0.4) is 0 Å². The van der Waals surface area contributed by atoms with Crippen molar-refractivity contribution in [3.8, 4) is 0 Å². The van der Waals surface area contributed by atoms with Gasteiger partial charge in [-0.3, -0.25) is 19.6 Å². The zero-order chi connectivity index (χ0) is 16.7. The van der Waals surface area contributed by atoms with Gasteiger partial charge < -0.3 is 5.11 Å². The lowest BCUT2D eigenvalue weighted by atomic mass is 10.1. The van der Waals surface area contributed by atoms with Crippen LogP contribution in [0.2, 0.25) is 0 Å². The Hall–Kier alpha value is -2.50. The van der Waals surface area contributed by atoms with Gasteiger partial charge in [0.1, 0.15) is 18.4 Å². The van der Waals surface area contributed by atoms with E-state index in [0.29, 0.717) is 0 Å². The maximum absolute atomic E-state index is 12.9. The van der Waals surface area contributed by atoms with Crippen LogP contribution >= 0.6 is 0 Å². The molecule has 2 atom stereocenters. The summed E-state index contributed by atoms with van der Waals surface area (Å²) in [4.78, 5) is 21.9. The van der Waals surface area contributed by atoms with E-state index in [9.17, 15) is 33.2 Å². The molecule has 0 fully saturated rings. The molecule has 1 aliphatic rings. The highest BCUT2D eigenvalue weighted by Crippen LogP contribution is 2.39. The molecule has 120 valence electrons. The van der Waals surface area contributed by atoms with Crippen molar-refractivity contribution in [1.29, 1.82) is 0 Å². The minimum atomic E-state index is -5.10. The summed E-state index contributed by atoms with van der Waals surface area (Å²) in [5.74, 6) is -1.20. The maximum Gasteiger partial charge on any atom is 0.438 e. The van der Waals surface area contributed by atoms with E-state index in [0.717, 1.165) is 23.3 Å². The van der Waals surface area contributed by atoms with E-state index in [1.54, 1.807) is 0 Å². The molecule has 9 nitrogen and oxygen atoms in total. The van der Waals surface area contributed by atoms with Crippen molar-refractivity contribution < 1.29 is 28.0 Å². The molecular formula is C10H10F3N5O4. The smallest absolute Gasteiger partial charge is 0.362 e. The van der Waals surface area contributed by atoms with Crippen LogP contribution in [0, 0.1) is 10.1 Å². The van der Waals surface area contributed by atoms with Crippen LogP contribution in [0.1, 0.15) is 19.4 Å². The summed E-state index contributed by atoms with van der Waals surface area (Å²) in [6, 6.07) is -1.32. The van der Waals surface area contributed by atoms with Crippen LogP contribution in [0.4, 0.5) is 18.9 Å². The summed E-state index contributed by atoms with van der Waals surface area (Å²) in [5, 5.41) is 26.9. The van der Waals surface area contributed by atoms with Crippen LogP contribution in [0.15, 0.2) is 17.5 Å². The number of amides is 1. The molecule has 0 spiro atoms. The standard InChI is InChI=1S/C10H10F3N5O4/c1-6(16-5-7(4-15-16)18(21)22)8(19)17-9(20,2-3-14-17)10(11,12)13/h3-6,20H,2H2,1H3/t6-,9-/m1/s1. The van der Waals surface area contributed by atoms with Gasteiger partial charge in [0.2, 0.25) is 0 Å². The summed E-state index contributed by atoms with van der Waals surface area (Å²) in [5.41, 5.74) is -3.85. The fourth-order valence-corrected chi connectivity index (χ4v) is 1.83. The van der Waals surface area contributed by atoms with E-state index >= 15 is 0 Å². The molecule has 1 aromatic rings. The number of hydrogen-bond acceptors (Lipinski definition) is 6. The first-order chi connectivity index (χ1) is 10.1. The van der Waals surface area contributed by atoms with Crippen molar-refractivity contribution in [2.45, 2.75) is 31.3 Å². The number of carbonyl (C=O) groups excluding carboxylic acids is 1. The third kappa shape index (κ3) is 2.41. The molecule has 2 rings (SSSR count). The molecular weight excluding hydrogens is 311 g/mol. The van der Waals surface area contributed by atoms with Crippen molar-refractivity contribution in [1.82, 2.24) is 14.8 Å². The maximum atomic E-state index is 12.9. The number of nitrogens with zero attached hydrogens (tertiary/aromatic N) is 5. The zero-order valence-electron chi connectivity index (χ0n) is 11.1. The third-order valence-electron chi connectivity index (χ3n) is 3.14. The summed E-state index contributed by atoms with van der Waals surface area (Å²) in [6.45, 7) is 1.18. The van der Waals surface area contributed by atoms with Gasteiger partial charge in [-0.2, -0.15) is 28.4 Å². The van der Waals surface area contributed by atoms with E-state index in [-0.39, 0.29) is 5.01 Å². The molecule has 1 aliphatic heterocycles. The van der Waals surface area contributed by atoms with Gasteiger partial charge in [-0.25, -0.2) is 0 Å². The van der Waals surface area contributed by atoms with Crippen molar-refractivity contribution in [3.05, 3.63) is 22.5 Å². The number of rotatable bonds is 3. The highest BCUT2D eigenvalue weighted by Gasteiger charge is 2.62. The van der Waals surface area contributed by atoms with Gasteiger partial charge >= 0.3 is 11.9 Å². The van der Waals surface area contributed by atoms with Gasteiger partial charge in [0.15, 0.2) is 0 Å². The Morgan fingerprint density at radius 1 is 1.59 bits per heavy atom. The largest absolute Gasteiger partial charge is 0.438 e. The Morgan fingerprint density at radius 3 is 2.73 bits per heavy atom. The first kappa shape index (κ1) is 15.9. The van der Waals surface area contributed by atoms with E-state index < -0.39 is 40.9 Å². The van der Waals surface area contributed by atoms with E-state index in [2.05, 4.69) is 10.2 Å². The Bertz CT molecular complexity index is 643. The summed E-state index contributed by atoms with van der Waals surface area (Å²) in [6.07, 6.45) is -3.48. The fourth-order valence-electron chi connectivity index (χ4n) is 1.83. The van der Waals surface area contributed by atoms with Gasteiger partial charge in [0, 0.05) is 12.6 Å². The minimum Gasteiger partial charge on any atom is -0.362 e. The third-order valence-corrected chi connectivity index (χ3v) is 3.14. The predicted molar refractivity (Wildman–Crippen MR) is 64.6 cm³/mol. The molecule has 0 unspecified atom stereocenters. The average Bonchev–Trinajstić information content (AvgIpc) is 3.03. The topological polar surface area (TPSA) is 114 Å². The minimum absolute atomic E-state index is 0.0782. The second kappa shape index (κ2) is 5.05. The normalized spacial score (nSPS) is 22.9. The first-order valence-corrected chi connectivity index (χ1v) is 5.92. The quantitative estimate of drug-likeness (QED) is 0.654. The lowest BCUT2D eigenvalue weighted by Crippen LogP contribution is -2.57. The fraction of sp³-hybridized carbons (Fsp3) is 0.500. The van der Waals surface area contributed by atoms with E-state index in [1.165, 1.54) is 6.92 Å². The second-order valence-corrected chi connectivity index (χ2v) is 4.58. The molecule has 2 heterocycles. The lowest BCUT2D eigenvalue weighted by Gasteiger charge is -2.33. The number of hydrogen-bond donors (Lipinski definition) is 1. The Morgan fingerprint density at radius 2 is 2.23 bits per heavy atom. The number of hydrazone groups is 1. The van der Waals surface area contributed by atoms with Gasteiger partial charge in [-0.05, 0) is 6.92 Å². The Kier molecular flexibility index (Phi) is 3.64. The monoisotopic (exact) mass is 321 g/mol. The highest BCUT2D eigenvalue weighted by molar-refractivity contribution is 5.83. The number of nitro groups is 1. The number of carbonyl (C=O) groups is 1. The Balaban J connectivity index is 2.26. The molecule has 22 heavy (non-hydrogen) atoms. The van der Waals surface area contributed by atoms with Crippen LogP contribution in [-0.4, -0.2) is 48.8 Å². The predicted octanol–water partition coefficient (Wildman–Crippen LogP) is 0.821. The number of alkyl halides is 3. The van der Waals surface area contributed by atoms with Crippen LogP contribution in [-0.2, 0) is 4.79 Å². The molecule has 0 aliphatic carbocycles. The molecule has 1 N–H and O–H groups in total. The number of aliphatic hydroxyl groups is 1. The van der Waals surface area contributed by atoms with E-state index in [4.69, 9.17) is 0 Å². The summed E-state index contributed by atoms with van der Waals surface area (Å²) >= 11 is 0. The Labute approximate surface area is 120 Å². The van der Waals surface area contributed by atoms with E-state index in [1.807, 2.05) is 0 Å². The summed E-state index contributed by atoms with van der Waals surface area (Å²) < 4.78 is 39.5. The van der Waals surface area contributed by atoms with Crippen molar-refractivity contribution >= 4 is 17.8 Å². The van der Waals surface area contributed by atoms with Gasteiger partial charge in [0.25, 0.3) is 11.6 Å². The van der Waals surface area contributed by atoms with Gasteiger partial charge in [0.05, 0.1) is 4.92 Å². The molecule has 0 aromatic carbocycles. The molecule has 1 amide bonds. The molecule has 1 aromatic heterocycles. The van der Waals surface area contributed by atoms with Gasteiger partial charge in [-0.1, -0.05) is 0 Å². The van der Waals surface area contributed by atoms with Crippen molar-refractivity contribution in [2.24, 2.45) is 5.10 Å².